The van der Waals surface area contributed by atoms with E-state index in [9.17, 15) is 4.79 Å². The van der Waals surface area contributed by atoms with Crippen LogP contribution in [0.5, 0.6) is 0 Å². The third kappa shape index (κ3) is 3.46. The van der Waals surface area contributed by atoms with Crippen molar-refractivity contribution in [3.05, 3.63) is 0 Å². The lowest BCUT2D eigenvalue weighted by Crippen LogP contribution is -2.52. The van der Waals surface area contributed by atoms with Crippen LogP contribution in [0.1, 0.15) is 32.6 Å². The van der Waals surface area contributed by atoms with E-state index in [1.165, 1.54) is 0 Å². The van der Waals surface area contributed by atoms with E-state index >= 15 is 0 Å². The number of ether oxygens (including phenoxy) is 2. The van der Waals surface area contributed by atoms with Crippen LogP contribution in [0.2, 0.25) is 0 Å². The van der Waals surface area contributed by atoms with Crippen LogP contribution in [0.4, 0.5) is 0 Å². The van der Waals surface area contributed by atoms with E-state index in [0.717, 1.165) is 45.4 Å². The standard InChI is InChI=1S/C14H26N2O3/c1-13(4-3-9-19-13)10-16-12(17)14(11-18-2)5-7-15-8-6-14/h15H,3-11H2,1-2H3,(H,16,17). The van der Waals surface area contributed by atoms with Crippen LogP contribution in [0.3, 0.4) is 0 Å². The molecule has 0 aromatic heterocycles. The predicted molar refractivity (Wildman–Crippen MR) is 73.0 cm³/mol. The van der Waals surface area contributed by atoms with Crippen molar-refractivity contribution in [3.63, 3.8) is 0 Å². The Bertz CT molecular complexity index is 302. The highest BCUT2D eigenvalue weighted by Crippen LogP contribution is 2.30. The van der Waals surface area contributed by atoms with Gasteiger partial charge in [0.1, 0.15) is 0 Å². The van der Waals surface area contributed by atoms with E-state index < -0.39 is 0 Å². The number of amides is 1. The van der Waals surface area contributed by atoms with Crippen molar-refractivity contribution in [1.82, 2.24) is 10.6 Å². The molecule has 1 amide bonds. The summed E-state index contributed by atoms with van der Waals surface area (Å²) in [5, 5.41) is 6.39. The largest absolute Gasteiger partial charge is 0.384 e. The molecule has 2 heterocycles. The number of hydrogen-bond donors (Lipinski definition) is 2. The SMILES string of the molecule is COCC1(C(=O)NCC2(C)CCCO2)CCNCC1. The molecule has 1 atom stereocenters. The number of nitrogens with one attached hydrogen (secondary N) is 2. The van der Waals surface area contributed by atoms with Gasteiger partial charge in [0.2, 0.25) is 5.91 Å². The van der Waals surface area contributed by atoms with Gasteiger partial charge < -0.3 is 20.1 Å². The zero-order valence-electron chi connectivity index (χ0n) is 12.1. The van der Waals surface area contributed by atoms with Crippen LogP contribution >= 0.6 is 0 Å². The molecule has 19 heavy (non-hydrogen) atoms. The van der Waals surface area contributed by atoms with Gasteiger partial charge in [-0.25, -0.2) is 0 Å². The summed E-state index contributed by atoms with van der Waals surface area (Å²) in [7, 11) is 1.67. The van der Waals surface area contributed by atoms with Crippen LogP contribution in [0.25, 0.3) is 0 Å². The van der Waals surface area contributed by atoms with Crippen molar-refractivity contribution in [3.8, 4) is 0 Å². The number of carbonyl (C=O) groups excluding carboxylic acids is 1. The molecule has 0 aromatic carbocycles. The first kappa shape index (κ1) is 14.8. The molecule has 0 aliphatic carbocycles. The molecule has 2 aliphatic rings. The average molecular weight is 270 g/mol. The molecule has 5 heteroatoms. The molecule has 5 nitrogen and oxygen atoms in total. The van der Waals surface area contributed by atoms with E-state index in [-0.39, 0.29) is 16.9 Å². The third-order valence-electron chi connectivity index (χ3n) is 4.39. The third-order valence-corrected chi connectivity index (χ3v) is 4.39. The van der Waals surface area contributed by atoms with Crippen LogP contribution in [-0.2, 0) is 14.3 Å². The van der Waals surface area contributed by atoms with E-state index in [1.54, 1.807) is 7.11 Å². The Morgan fingerprint density at radius 1 is 1.37 bits per heavy atom. The van der Waals surface area contributed by atoms with Gasteiger partial charge in [-0.3, -0.25) is 4.79 Å². The molecular weight excluding hydrogens is 244 g/mol. The molecule has 2 N–H and O–H groups in total. The van der Waals surface area contributed by atoms with Crippen LogP contribution in [-0.4, -0.2) is 51.5 Å². The molecule has 0 aromatic rings. The van der Waals surface area contributed by atoms with Crippen LogP contribution in [0.15, 0.2) is 0 Å². The molecule has 2 aliphatic heterocycles. The molecule has 0 radical (unpaired) electrons. The topological polar surface area (TPSA) is 59.6 Å². The molecule has 0 saturated carbocycles. The summed E-state index contributed by atoms with van der Waals surface area (Å²) >= 11 is 0. The Morgan fingerprint density at radius 3 is 2.68 bits per heavy atom. The first-order chi connectivity index (χ1) is 9.10. The summed E-state index contributed by atoms with van der Waals surface area (Å²) in [6.07, 6.45) is 3.78. The van der Waals surface area contributed by atoms with Crippen molar-refractivity contribution >= 4 is 5.91 Å². The summed E-state index contributed by atoms with van der Waals surface area (Å²) in [6, 6.07) is 0. The Kier molecular flexibility index (Phi) is 4.81. The molecule has 2 saturated heterocycles. The molecule has 0 bridgehead atoms. The fourth-order valence-electron chi connectivity index (χ4n) is 3.05. The van der Waals surface area contributed by atoms with Crippen molar-refractivity contribution < 1.29 is 14.3 Å². The normalized spacial score (nSPS) is 30.2. The second-order valence-corrected chi connectivity index (χ2v) is 6.05. The quantitative estimate of drug-likeness (QED) is 0.771. The average Bonchev–Trinajstić information content (AvgIpc) is 2.85. The maximum absolute atomic E-state index is 12.5. The van der Waals surface area contributed by atoms with Crippen LogP contribution in [0, 0.1) is 5.41 Å². The number of piperidine rings is 1. The van der Waals surface area contributed by atoms with E-state index in [1.807, 2.05) is 0 Å². The number of rotatable bonds is 5. The summed E-state index contributed by atoms with van der Waals surface area (Å²) in [5.41, 5.74) is -0.550. The highest BCUT2D eigenvalue weighted by atomic mass is 16.5. The van der Waals surface area contributed by atoms with Gasteiger partial charge in [-0.05, 0) is 45.7 Å². The lowest BCUT2D eigenvalue weighted by atomic mass is 9.78. The number of carbonyl (C=O) groups is 1. The lowest BCUT2D eigenvalue weighted by Gasteiger charge is -2.36. The maximum Gasteiger partial charge on any atom is 0.228 e. The van der Waals surface area contributed by atoms with E-state index in [4.69, 9.17) is 9.47 Å². The van der Waals surface area contributed by atoms with Gasteiger partial charge >= 0.3 is 0 Å². The molecule has 1 unspecified atom stereocenters. The summed E-state index contributed by atoms with van der Waals surface area (Å²) in [6.45, 7) is 5.74. The summed E-state index contributed by atoms with van der Waals surface area (Å²) < 4.78 is 11.0. The second-order valence-electron chi connectivity index (χ2n) is 6.05. The fraction of sp³-hybridized carbons (Fsp3) is 0.929. The Labute approximate surface area is 115 Å². The lowest BCUT2D eigenvalue weighted by molar-refractivity contribution is -0.137. The van der Waals surface area contributed by atoms with Gasteiger partial charge in [0, 0.05) is 20.3 Å². The maximum atomic E-state index is 12.5. The minimum absolute atomic E-state index is 0.118. The smallest absolute Gasteiger partial charge is 0.228 e. The number of methoxy groups -OCH3 is 1. The van der Waals surface area contributed by atoms with Gasteiger partial charge in [0.25, 0.3) is 0 Å². The highest BCUT2D eigenvalue weighted by molar-refractivity contribution is 5.83. The van der Waals surface area contributed by atoms with Gasteiger partial charge in [0.15, 0.2) is 0 Å². The molecule has 2 fully saturated rings. The molecule has 110 valence electrons. The first-order valence-electron chi connectivity index (χ1n) is 7.22. The Balaban J connectivity index is 1.91. The second kappa shape index (κ2) is 6.20. The van der Waals surface area contributed by atoms with Gasteiger partial charge in [-0.2, -0.15) is 0 Å². The molecule has 0 spiro atoms. The zero-order chi connectivity index (χ0) is 13.8. The van der Waals surface area contributed by atoms with Gasteiger partial charge in [0.05, 0.1) is 17.6 Å². The minimum Gasteiger partial charge on any atom is -0.384 e. The van der Waals surface area contributed by atoms with Crippen molar-refractivity contribution in [2.24, 2.45) is 5.41 Å². The Morgan fingerprint density at radius 2 is 2.11 bits per heavy atom. The van der Waals surface area contributed by atoms with E-state index in [0.29, 0.717) is 13.2 Å². The fourth-order valence-corrected chi connectivity index (χ4v) is 3.05. The van der Waals surface area contributed by atoms with Gasteiger partial charge in [-0.1, -0.05) is 0 Å². The summed E-state index contributed by atoms with van der Waals surface area (Å²) in [4.78, 5) is 12.5. The molecular formula is C14H26N2O3. The van der Waals surface area contributed by atoms with Crippen molar-refractivity contribution in [2.45, 2.75) is 38.2 Å². The number of hydrogen-bond acceptors (Lipinski definition) is 4. The highest BCUT2D eigenvalue weighted by Gasteiger charge is 2.40. The van der Waals surface area contributed by atoms with Crippen molar-refractivity contribution in [2.75, 3.05) is 40.0 Å². The Hall–Kier alpha value is -0.650. The van der Waals surface area contributed by atoms with Gasteiger partial charge in [-0.15, -0.1) is 0 Å². The van der Waals surface area contributed by atoms with E-state index in [2.05, 4.69) is 17.6 Å². The zero-order valence-corrected chi connectivity index (χ0v) is 12.1. The predicted octanol–water partition coefficient (Wildman–Crippen LogP) is 0.688. The van der Waals surface area contributed by atoms with Crippen molar-refractivity contribution in [1.29, 1.82) is 0 Å². The first-order valence-corrected chi connectivity index (χ1v) is 7.22. The van der Waals surface area contributed by atoms with Crippen LogP contribution < -0.4 is 10.6 Å². The minimum atomic E-state index is -0.366. The summed E-state index contributed by atoms with van der Waals surface area (Å²) in [5.74, 6) is 0.118. The monoisotopic (exact) mass is 270 g/mol. The molecule has 2 rings (SSSR count).